The number of aromatic nitrogens is 3. The molecule has 0 bridgehead atoms. The minimum atomic E-state index is 0.600. The second kappa shape index (κ2) is 5.33. The van der Waals surface area contributed by atoms with Gasteiger partial charge in [0, 0.05) is 10.9 Å². The van der Waals surface area contributed by atoms with E-state index in [0.29, 0.717) is 9.79 Å². The van der Waals surface area contributed by atoms with Crippen LogP contribution in [-0.2, 0) is 6.42 Å². The number of nitrogens with one attached hydrogen (secondary N) is 1. The van der Waals surface area contributed by atoms with E-state index in [1.54, 1.807) is 0 Å². The highest BCUT2D eigenvalue weighted by Crippen LogP contribution is 2.25. The quantitative estimate of drug-likeness (QED) is 0.850. The van der Waals surface area contributed by atoms with Crippen LogP contribution in [0.15, 0.2) is 22.7 Å². The van der Waals surface area contributed by atoms with Gasteiger partial charge in [0.2, 0.25) is 0 Å². The number of aryl methyl sites for hydroxylation is 1. The van der Waals surface area contributed by atoms with Crippen LogP contribution in [0, 0.1) is 4.77 Å². The van der Waals surface area contributed by atoms with Crippen LogP contribution in [-0.4, -0.2) is 14.8 Å². The van der Waals surface area contributed by atoms with Crippen LogP contribution in [0.1, 0.15) is 19.2 Å². The fourth-order valence-corrected chi connectivity index (χ4v) is 2.35. The molecule has 0 amide bonds. The molecule has 0 aliphatic heterocycles. The molecule has 17 heavy (non-hydrogen) atoms. The Morgan fingerprint density at radius 3 is 2.94 bits per heavy atom. The van der Waals surface area contributed by atoms with Gasteiger partial charge < -0.3 is 0 Å². The van der Waals surface area contributed by atoms with Gasteiger partial charge in [-0.2, -0.15) is 5.10 Å². The molecule has 0 radical (unpaired) electrons. The molecule has 0 saturated heterocycles. The molecule has 0 fully saturated rings. The molecular formula is C11H11BrClN3S. The van der Waals surface area contributed by atoms with Crippen LogP contribution in [0.4, 0.5) is 0 Å². The molecule has 0 atom stereocenters. The van der Waals surface area contributed by atoms with Crippen molar-refractivity contribution in [3.63, 3.8) is 0 Å². The maximum absolute atomic E-state index is 5.98. The van der Waals surface area contributed by atoms with Gasteiger partial charge in [-0.1, -0.05) is 18.5 Å². The maximum Gasteiger partial charge on any atom is 0.199 e. The van der Waals surface area contributed by atoms with Crippen molar-refractivity contribution in [2.24, 2.45) is 0 Å². The van der Waals surface area contributed by atoms with E-state index in [4.69, 9.17) is 23.8 Å². The van der Waals surface area contributed by atoms with Gasteiger partial charge in [-0.25, -0.2) is 0 Å². The van der Waals surface area contributed by atoms with Crippen molar-refractivity contribution >= 4 is 39.7 Å². The summed E-state index contributed by atoms with van der Waals surface area (Å²) in [7, 11) is 0. The zero-order valence-electron chi connectivity index (χ0n) is 9.20. The summed E-state index contributed by atoms with van der Waals surface area (Å²) in [5.74, 6) is 0.937. The fourth-order valence-electron chi connectivity index (χ4n) is 1.61. The first-order valence-electron chi connectivity index (χ1n) is 5.25. The van der Waals surface area contributed by atoms with Crippen LogP contribution in [0.25, 0.3) is 5.69 Å². The number of H-pyrrole nitrogens is 1. The van der Waals surface area contributed by atoms with Gasteiger partial charge in [0.25, 0.3) is 0 Å². The number of nitrogens with zero attached hydrogens (tertiary/aromatic N) is 2. The minimum absolute atomic E-state index is 0.600. The van der Waals surface area contributed by atoms with Gasteiger partial charge in [-0.15, -0.1) is 0 Å². The van der Waals surface area contributed by atoms with Crippen molar-refractivity contribution in [2.45, 2.75) is 19.8 Å². The van der Waals surface area contributed by atoms with Gasteiger partial charge >= 0.3 is 0 Å². The second-order valence-corrected chi connectivity index (χ2v) is 5.28. The summed E-state index contributed by atoms with van der Waals surface area (Å²) in [5.41, 5.74) is 0.962. The first kappa shape index (κ1) is 12.8. The van der Waals surface area contributed by atoms with Crippen LogP contribution in [0.2, 0.25) is 5.02 Å². The van der Waals surface area contributed by atoms with E-state index in [1.807, 2.05) is 22.8 Å². The summed E-state index contributed by atoms with van der Waals surface area (Å²) in [6.45, 7) is 2.11. The van der Waals surface area contributed by atoms with Crippen molar-refractivity contribution in [1.82, 2.24) is 14.8 Å². The number of aromatic amines is 1. The maximum atomic E-state index is 5.98. The number of hydrogen-bond donors (Lipinski definition) is 1. The van der Waals surface area contributed by atoms with E-state index in [9.17, 15) is 0 Å². The van der Waals surface area contributed by atoms with Crippen molar-refractivity contribution in [1.29, 1.82) is 0 Å². The van der Waals surface area contributed by atoms with Crippen molar-refractivity contribution in [2.75, 3.05) is 0 Å². The highest BCUT2D eigenvalue weighted by atomic mass is 79.9. The lowest BCUT2D eigenvalue weighted by Gasteiger charge is -2.07. The summed E-state index contributed by atoms with van der Waals surface area (Å²) in [6, 6.07) is 5.70. The normalized spacial score (nSPS) is 10.8. The molecular weight excluding hydrogens is 322 g/mol. The van der Waals surface area contributed by atoms with E-state index in [0.717, 1.165) is 28.8 Å². The Balaban J connectivity index is 2.55. The zero-order valence-corrected chi connectivity index (χ0v) is 12.4. The van der Waals surface area contributed by atoms with Crippen LogP contribution in [0.3, 0.4) is 0 Å². The minimum Gasteiger partial charge on any atom is -0.272 e. The largest absolute Gasteiger partial charge is 0.272 e. The third kappa shape index (κ3) is 2.61. The molecule has 3 nitrogen and oxygen atoms in total. The number of halogens is 2. The lowest BCUT2D eigenvalue weighted by atomic mass is 10.3. The van der Waals surface area contributed by atoms with Gasteiger partial charge in [0.05, 0.1) is 10.7 Å². The molecule has 0 aliphatic rings. The Kier molecular flexibility index (Phi) is 4.01. The molecule has 0 aliphatic carbocycles. The summed E-state index contributed by atoms with van der Waals surface area (Å²) in [6.07, 6.45) is 1.90. The third-order valence-corrected chi connectivity index (χ3v) is 3.86. The van der Waals surface area contributed by atoms with Crippen molar-refractivity contribution < 1.29 is 0 Å². The zero-order chi connectivity index (χ0) is 12.4. The van der Waals surface area contributed by atoms with Crippen LogP contribution < -0.4 is 0 Å². The standard InChI is InChI=1S/C11H11BrClN3S/c1-2-3-10-14-15-11(17)16(10)7-4-5-9(13)8(12)6-7/h4-6H,2-3H2,1H3,(H,15,17). The Morgan fingerprint density at radius 2 is 2.29 bits per heavy atom. The molecule has 90 valence electrons. The van der Waals surface area contributed by atoms with Gasteiger partial charge in [0.1, 0.15) is 5.82 Å². The monoisotopic (exact) mass is 331 g/mol. The summed E-state index contributed by atoms with van der Waals surface area (Å²) in [4.78, 5) is 0. The van der Waals surface area contributed by atoms with Crippen molar-refractivity contribution in [3.05, 3.63) is 38.3 Å². The molecule has 0 spiro atoms. The Labute approximate surface area is 118 Å². The van der Waals surface area contributed by atoms with Crippen molar-refractivity contribution in [3.8, 4) is 5.69 Å². The highest BCUT2D eigenvalue weighted by molar-refractivity contribution is 9.10. The first-order chi connectivity index (χ1) is 8.13. The van der Waals surface area contributed by atoms with Gasteiger partial charge in [-0.05, 0) is 52.8 Å². The lowest BCUT2D eigenvalue weighted by molar-refractivity contribution is 0.801. The third-order valence-electron chi connectivity index (χ3n) is 2.38. The average molecular weight is 333 g/mol. The Morgan fingerprint density at radius 1 is 1.53 bits per heavy atom. The fraction of sp³-hybridized carbons (Fsp3) is 0.273. The van der Waals surface area contributed by atoms with E-state index >= 15 is 0 Å². The number of hydrogen-bond acceptors (Lipinski definition) is 2. The molecule has 0 unspecified atom stereocenters. The van der Waals surface area contributed by atoms with E-state index in [2.05, 4.69) is 33.1 Å². The Bertz CT molecular complexity index is 591. The first-order valence-corrected chi connectivity index (χ1v) is 6.83. The molecule has 6 heteroatoms. The predicted molar refractivity (Wildman–Crippen MR) is 75.5 cm³/mol. The smallest absolute Gasteiger partial charge is 0.199 e. The number of rotatable bonds is 3. The molecule has 2 rings (SSSR count). The summed E-state index contributed by atoms with van der Waals surface area (Å²) in [5, 5.41) is 7.73. The highest BCUT2D eigenvalue weighted by Gasteiger charge is 2.08. The van der Waals surface area contributed by atoms with Crippen LogP contribution >= 0.6 is 39.7 Å². The molecule has 1 aromatic heterocycles. The van der Waals surface area contributed by atoms with Gasteiger partial charge in [0.15, 0.2) is 4.77 Å². The molecule has 0 saturated carbocycles. The summed E-state index contributed by atoms with van der Waals surface area (Å²) < 4.78 is 3.38. The van der Waals surface area contributed by atoms with E-state index in [-0.39, 0.29) is 0 Å². The summed E-state index contributed by atoms with van der Waals surface area (Å²) >= 11 is 14.6. The molecule has 1 heterocycles. The van der Waals surface area contributed by atoms with Crippen LogP contribution in [0.5, 0.6) is 0 Å². The topological polar surface area (TPSA) is 33.6 Å². The second-order valence-electron chi connectivity index (χ2n) is 3.63. The van der Waals surface area contributed by atoms with Gasteiger partial charge in [-0.3, -0.25) is 9.67 Å². The number of benzene rings is 1. The predicted octanol–water partition coefficient (Wildman–Crippen LogP) is 4.30. The molecule has 1 N–H and O–H groups in total. The molecule has 2 aromatic rings. The molecule has 1 aromatic carbocycles. The average Bonchev–Trinajstić information content (AvgIpc) is 2.65. The van der Waals surface area contributed by atoms with E-state index in [1.165, 1.54) is 0 Å². The lowest BCUT2D eigenvalue weighted by Crippen LogP contribution is -2.01. The SMILES string of the molecule is CCCc1n[nH]c(=S)n1-c1ccc(Cl)c(Br)c1. The van der Waals surface area contributed by atoms with E-state index < -0.39 is 0 Å². The Hall–Kier alpha value is -0.650.